The topological polar surface area (TPSA) is 0 Å². The Morgan fingerprint density at radius 2 is 1.65 bits per heavy atom. The van der Waals surface area contributed by atoms with Crippen LogP contribution in [0, 0.1) is 5.82 Å². The van der Waals surface area contributed by atoms with E-state index in [0.29, 0.717) is 5.88 Å². The summed E-state index contributed by atoms with van der Waals surface area (Å²) >= 11 is 5.71. The van der Waals surface area contributed by atoms with E-state index in [1.54, 1.807) is 6.07 Å². The van der Waals surface area contributed by atoms with Crippen molar-refractivity contribution in [1.82, 2.24) is 0 Å². The van der Waals surface area contributed by atoms with Crippen molar-refractivity contribution in [1.29, 1.82) is 0 Å². The van der Waals surface area contributed by atoms with Crippen LogP contribution in [0.15, 0.2) is 48.5 Å². The fourth-order valence-corrected chi connectivity index (χ4v) is 1.70. The van der Waals surface area contributed by atoms with Crippen LogP contribution in [0.3, 0.4) is 0 Å². The standard InChI is InChI=1S/C15H12ClF/c16-11-14-8-5-12(6-9-14)4-7-13-2-1-3-15(17)10-13/h1-10H,11H2. The van der Waals surface area contributed by atoms with Crippen molar-refractivity contribution in [3.05, 3.63) is 71.0 Å². The van der Waals surface area contributed by atoms with Gasteiger partial charge in [0.25, 0.3) is 0 Å². The van der Waals surface area contributed by atoms with E-state index in [4.69, 9.17) is 11.6 Å². The number of halogens is 2. The summed E-state index contributed by atoms with van der Waals surface area (Å²) in [6.45, 7) is 0. The van der Waals surface area contributed by atoms with Gasteiger partial charge < -0.3 is 0 Å². The molecule has 2 aromatic rings. The largest absolute Gasteiger partial charge is 0.207 e. The van der Waals surface area contributed by atoms with Gasteiger partial charge in [-0.05, 0) is 28.8 Å². The van der Waals surface area contributed by atoms with Crippen molar-refractivity contribution in [2.24, 2.45) is 0 Å². The summed E-state index contributed by atoms with van der Waals surface area (Å²) in [7, 11) is 0. The van der Waals surface area contributed by atoms with E-state index < -0.39 is 0 Å². The van der Waals surface area contributed by atoms with Gasteiger partial charge in [0.1, 0.15) is 5.82 Å². The first kappa shape index (κ1) is 11.9. The van der Waals surface area contributed by atoms with Gasteiger partial charge in [0.05, 0.1) is 0 Å². The Bertz CT molecular complexity index is 515. The maximum Gasteiger partial charge on any atom is 0.123 e. The molecule has 86 valence electrons. The van der Waals surface area contributed by atoms with Crippen LogP contribution in [0.2, 0.25) is 0 Å². The average molecular weight is 247 g/mol. The van der Waals surface area contributed by atoms with Gasteiger partial charge in [0, 0.05) is 5.88 Å². The van der Waals surface area contributed by atoms with E-state index in [1.165, 1.54) is 12.1 Å². The van der Waals surface area contributed by atoms with E-state index in [0.717, 1.165) is 16.7 Å². The van der Waals surface area contributed by atoms with Crippen molar-refractivity contribution < 1.29 is 4.39 Å². The molecule has 0 unspecified atom stereocenters. The van der Waals surface area contributed by atoms with Crippen LogP contribution in [0.4, 0.5) is 4.39 Å². The lowest BCUT2D eigenvalue weighted by atomic mass is 10.1. The fraction of sp³-hybridized carbons (Fsp3) is 0.0667. The highest BCUT2D eigenvalue weighted by Crippen LogP contribution is 2.11. The zero-order valence-electron chi connectivity index (χ0n) is 9.24. The Hall–Kier alpha value is -1.60. The maximum atomic E-state index is 12.9. The first-order chi connectivity index (χ1) is 8.28. The number of hydrogen-bond donors (Lipinski definition) is 0. The molecule has 0 saturated carbocycles. The second-order valence-electron chi connectivity index (χ2n) is 3.76. The van der Waals surface area contributed by atoms with E-state index in [9.17, 15) is 4.39 Å². The molecule has 0 atom stereocenters. The van der Waals surface area contributed by atoms with Crippen LogP contribution >= 0.6 is 11.6 Å². The summed E-state index contributed by atoms with van der Waals surface area (Å²) in [5.41, 5.74) is 3.02. The Kier molecular flexibility index (Phi) is 3.94. The minimum atomic E-state index is -0.218. The number of alkyl halides is 1. The van der Waals surface area contributed by atoms with Crippen molar-refractivity contribution in [2.45, 2.75) is 5.88 Å². The monoisotopic (exact) mass is 246 g/mol. The van der Waals surface area contributed by atoms with Gasteiger partial charge in [-0.2, -0.15) is 0 Å². The normalized spacial score (nSPS) is 10.9. The van der Waals surface area contributed by atoms with Gasteiger partial charge in [-0.1, -0.05) is 48.6 Å². The van der Waals surface area contributed by atoms with E-state index in [-0.39, 0.29) is 5.82 Å². The lowest BCUT2D eigenvalue weighted by molar-refractivity contribution is 0.627. The van der Waals surface area contributed by atoms with Crippen LogP contribution in [0.25, 0.3) is 12.2 Å². The van der Waals surface area contributed by atoms with Gasteiger partial charge in [-0.3, -0.25) is 0 Å². The Balaban J connectivity index is 2.14. The molecule has 0 radical (unpaired) electrons. The maximum absolute atomic E-state index is 12.9. The molecule has 0 heterocycles. The zero-order chi connectivity index (χ0) is 12.1. The highest BCUT2D eigenvalue weighted by Gasteiger charge is 1.92. The van der Waals surface area contributed by atoms with E-state index in [2.05, 4.69) is 0 Å². The number of rotatable bonds is 3. The Morgan fingerprint density at radius 3 is 2.29 bits per heavy atom. The van der Waals surface area contributed by atoms with Crippen LogP contribution in [0.5, 0.6) is 0 Å². The molecule has 0 aliphatic heterocycles. The smallest absolute Gasteiger partial charge is 0.123 e. The molecule has 0 aliphatic carbocycles. The van der Waals surface area contributed by atoms with Crippen molar-refractivity contribution in [3.8, 4) is 0 Å². The van der Waals surface area contributed by atoms with E-state index >= 15 is 0 Å². The summed E-state index contributed by atoms with van der Waals surface area (Å²) in [5, 5.41) is 0. The molecule has 0 bridgehead atoms. The molecule has 0 spiro atoms. The third kappa shape index (κ3) is 3.43. The predicted octanol–water partition coefficient (Wildman–Crippen LogP) is 4.73. The number of benzene rings is 2. The number of hydrogen-bond acceptors (Lipinski definition) is 0. The molecule has 0 amide bonds. The van der Waals surface area contributed by atoms with Crippen LogP contribution in [-0.2, 0) is 5.88 Å². The average Bonchev–Trinajstić information content (AvgIpc) is 2.37. The molecule has 0 fully saturated rings. The highest BCUT2D eigenvalue weighted by molar-refractivity contribution is 6.17. The van der Waals surface area contributed by atoms with Gasteiger partial charge in [-0.25, -0.2) is 4.39 Å². The minimum absolute atomic E-state index is 0.218. The molecule has 2 aromatic carbocycles. The molecule has 0 nitrogen and oxygen atoms in total. The molecular weight excluding hydrogens is 235 g/mol. The first-order valence-corrected chi connectivity index (χ1v) is 5.90. The third-order valence-electron chi connectivity index (χ3n) is 2.45. The molecule has 0 N–H and O–H groups in total. The first-order valence-electron chi connectivity index (χ1n) is 5.36. The molecule has 0 saturated heterocycles. The van der Waals surface area contributed by atoms with Crippen molar-refractivity contribution in [2.75, 3.05) is 0 Å². The predicted molar refractivity (Wildman–Crippen MR) is 71.3 cm³/mol. The lowest BCUT2D eigenvalue weighted by Gasteiger charge is -1.97. The summed E-state index contributed by atoms with van der Waals surface area (Å²) in [5.74, 6) is 0.304. The second kappa shape index (κ2) is 5.65. The second-order valence-corrected chi connectivity index (χ2v) is 4.03. The van der Waals surface area contributed by atoms with Crippen LogP contribution < -0.4 is 0 Å². The quantitative estimate of drug-likeness (QED) is 0.542. The van der Waals surface area contributed by atoms with Crippen LogP contribution in [0.1, 0.15) is 16.7 Å². The molecule has 17 heavy (non-hydrogen) atoms. The summed E-state index contributed by atoms with van der Waals surface area (Å²) in [4.78, 5) is 0. The minimum Gasteiger partial charge on any atom is -0.207 e. The van der Waals surface area contributed by atoms with Crippen LogP contribution in [-0.4, -0.2) is 0 Å². The van der Waals surface area contributed by atoms with Gasteiger partial charge in [0.15, 0.2) is 0 Å². The van der Waals surface area contributed by atoms with Crippen molar-refractivity contribution >= 4 is 23.8 Å². The molecule has 2 heteroatoms. The summed E-state index contributed by atoms with van der Waals surface area (Å²) in [6, 6.07) is 14.5. The molecular formula is C15H12ClF. The lowest BCUT2D eigenvalue weighted by Crippen LogP contribution is -1.78. The zero-order valence-corrected chi connectivity index (χ0v) is 9.99. The summed E-state index contributed by atoms with van der Waals surface area (Å²) < 4.78 is 12.9. The third-order valence-corrected chi connectivity index (χ3v) is 2.76. The van der Waals surface area contributed by atoms with Gasteiger partial charge in [0.2, 0.25) is 0 Å². The van der Waals surface area contributed by atoms with E-state index in [1.807, 2.05) is 42.5 Å². The Labute approximate surface area is 105 Å². The van der Waals surface area contributed by atoms with Gasteiger partial charge >= 0.3 is 0 Å². The summed E-state index contributed by atoms with van der Waals surface area (Å²) in [6.07, 6.45) is 3.84. The highest BCUT2D eigenvalue weighted by atomic mass is 35.5. The van der Waals surface area contributed by atoms with Gasteiger partial charge in [-0.15, -0.1) is 11.6 Å². The van der Waals surface area contributed by atoms with Crippen molar-refractivity contribution in [3.63, 3.8) is 0 Å². The Morgan fingerprint density at radius 1 is 0.941 bits per heavy atom. The fourth-order valence-electron chi connectivity index (χ4n) is 1.52. The molecule has 2 rings (SSSR count). The SMILES string of the molecule is Fc1cccc(C=Cc2ccc(CCl)cc2)c1. The molecule has 0 aliphatic rings. The molecule has 0 aromatic heterocycles.